The lowest BCUT2D eigenvalue weighted by Crippen LogP contribution is -2.35. The second-order valence-corrected chi connectivity index (χ2v) is 5.69. The molecule has 0 N–H and O–H groups in total. The highest BCUT2D eigenvalue weighted by Gasteiger charge is 2.48. The molecule has 0 aromatic rings. The number of hydrogen-bond acceptors (Lipinski definition) is 2. The van der Waals surface area contributed by atoms with Crippen molar-refractivity contribution in [2.45, 2.75) is 65.4 Å². The summed E-state index contributed by atoms with van der Waals surface area (Å²) in [7, 11) is 0. The Labute approximate surface area is 105 Å². The number of rotatable bonds is 0. The van der Waals surface area contributed by atoms with E-state index in [2.05, 4.69) is 6.92 Å². The van der Waals surface area contributed by atoms with E-state index in [4.69, 9.17) is 4.74 Å². The number of carbonyl (C=O) groups excluding carboxylic acids is 1. The summed E-state index contributed by atoms with van der Waals surface area (Å²) in [6, 6.07) is 0. The molecule has 2 saturated carbocycles. The molecule has 5 unspecified atom stereocenters. The Morgan fingerprint density at radius 2 is 1.65 bits per heavy atom. The van der Waals surface area contributed by atoms with Crippen LogP contribution in [-0.4, -0.2) is 12.1 Å². The Morgan fingerprint density at radius 3 is 2.29 bits per heavy atom. The van der Waals surface area contributed by atoms with Crippen LogP contribution in [0.15, 0.2) is 0 Å². The molecule has 17 heavy (non-hydrogen) atoms. The van der Waals surface area contributed by atoms with Gasteiger partial charge in [0.05, 0.1) is 5.92 Å². The van der Waals surface area contributed by atoms with E-state index in [1.54, 1.807) is 0 Å². The monoisotopic (exact) mass is 238 g/mol. The number of carbonyl (C=O) groups is 1. The normalized spacial score (nSPS) is 43.9. The minimum atomic E-state index is 0.0940. The maximum absolute atomic E-state index is 11.7. The molecule has 3 aliphatic rings. The zero-order chi connectivity index (χ0) is 12.4. The fraction of sp³-hybridized carbons (Fsp3) is 0.933. The molecule has 0 spiro atoms. The quantitative estimate of drug-likeness (QED) is 0.600. The van der Waals surface area contributed by atoms with Crippen molar-refractivity contribution >= 4 is 5.97 Å². The van der Waals surface area contributed by atoms with E-state index in [1.807, 2.05) is 13.8 Å². The van der Waals surface area contributed by atoms with Crippen LogP contribution in [0.1, 0.15) is 59.3 Å². The molecule has 0 amide bonds. The summed E-state index contributed by atoms with van der Waals surface area (Å²) in [6.45, 7) is 6.08. The zero-order valence-corrected chi connectivity index (χ0v) is 11.4. The number of fused-ring (bicyclic) bond motifs is 2. The summed E-state index contributed by atoms with van der Waals surface area (Å²) in [5, 5.41) is 0. The second-order valence-electron chi connectivity index (χ2n) is 5.69. The van der Waals surface area contributed by atoms with E-state index in [1.165, 1.54) is 32.1 Å². The summed E-state index contributed by atoms with van der Waals surface area (Å²) in [5.74, 6) is 2.61. The van der Waals surface area contributed by atoms with E-state index >= 15 is 0 Å². The Balaban J connectivity index is 0.000000514. The van der Waals surface area contributed by atoms with Gasteiger partial charge in [-0.25, -0.2) is 0 Å². The predicted octanol–water partition coefficient (Wildman–Crippen LogP) is 3.79. The van der Waals surface area contributed by atoms with E-state index in [0.29, 0.717) is 5.92 Å². The first-order valence-corrected chi connectivity index (χ1v) is 7.46. The molecule has 1 heterocycles. The van der Waals surface area contributed by atoms with Gasteiger partial charge in [-0.1, -0.05) is 39.5 Å². The molecular weight excluding hydrogens is 212 g/mol. The third-order valence-electron chi connectivity index (χ3n) is 4.92. The lowest BCUT2D eigenvalue weighted by atomic mass is 9.63. The van der Waals surface area contributed by atoms with E-state index in [9.17, 15) is 4.79 Å². The molecular formula is C15H26O2. The van der Waals surface area contributed by atoms with Crippen molar-refractivity contribution in [2.75, 3.05) is 0 Å². The Hall–Kier alpha value is -0.530. The topological polar surface area (TPSA) is 26.3 Å². The molecule has 2 nitrogen and oxygen atoms in total. The molecule has 0 aromatic heterocycles. The van der Waals surface area contributed by atoms with E-state index < -0.39 is 0 Å². The maximum atomic E-state index is 11.7. The van der Waals surface area contributed by atoms with Gasteiger partial charge in [0.2, 0.25) is 0 Å². The lowest BCUT2D eigenvalue weighted by Gasteiger charge is -2.40. The minimum absolute atomic E-state index is 0.0940. The molecule has 2 aliphatic carbocycles. The van der Waals surface area contributed by atoms with Crippen molar-refractivity contribution in [3.63, 3.8) is 0 Å². The average molecular weight is 238 g/mol. The molecule has 1 aliphatic heterocycles. The van der Waals surface area contributed by atoms with Gasteiger partial charge in [0.25, 0.3) is 0 Å². The minimum Gasteiger partial charge on any atom is -0.462 e. The molecule has 3 rings (SSSR count). The van der Waals surface area contributed by atoms with Gasteiger partial charge < -0.3 is 4.74 Å². The summed E-state index contributed by atoms with van der Waals surface area (Å²) in [6.07, 6.45) is 8.10. The summed E-state index contributed by atoms with van der Waals surface area (Å²) < 4.78 is 5.38. The van der Waals surface area contributed by atoms with Gasteiger partial charge in [-0.05, 0) is 31.6 Å². The molecule has 98 valence electrons. The van der Waals surface area contributed by atoms with Crippen LogP contribution in [0.4, 0.5) is 0 Å². The first-order chi connectivity index (χ1) is 8.25. The third kappa shape index (κ3) is 2.36. The summed E-state index contributed by atoms with van der Waals surface area (Å²) in [4.78, 5) is 11.7. The summed E-state index contributed by atoms with van der Waals surface area (Å²) in [5.41, 5.74) is 0. The Morgan fingerprint density at radius 1 is 1.06 bits per heavy atom. The van der Waals surface area contributed by atoms with Gasteiger partial charge >= 0.3 is 5.97 Å². The van der Waals surface area contributed by atoms with Gasteiger partial charge in [0, 0.05) is 5.92 Å². The first-order valence-electron chi connectivity index (χ1n) is 7.46. The van der Waals surface area contributed by atoms with Crippen LogP contribution >= 0.6 is 0 Å². The zero-order valence-electron chi connectivity index (χ0n) is 11.4. The fourth-order valence-corrected chi connectivity index (χ4v) is 4.07. The van der Waals surface area contributed by atoms with Crippen LogP contribution in [0.5, 0.6) is 0 Å². The highest BCUT2D eigenvalue weighted by molar-refractivity contribution is 5.75. The standard InChI is InChI=1S/C13H20O2.C2H6/c1-8-11-6-9-4-2-3-5-10(9)7-12(11)13(14)15-8;1-2/h8-12H,2-7H2,1H3;1-2H3. The van der Waals surface area contributed by atoms with E-state index in [-0.39, 0.29) is 18.0 Å². The number of cyclic esters (lactones) is 1. The van der Waals surface area contributed by atoms with Crippen LogP contribution in [0, 0.1) is 23.7 Å². The van der Waals surface area contributed by atoms with Crippen molar-refractivity contribution in [1.82, 2.24) is 0 Å². The van der Waals surface area contributed by atoms with Crippen LogP contribution < -0.4 is 0 Å². The highest BCUT2D eigenvalue weighted by atomic mass is 16.6. The van der Waals surface area contributed by atoms with Crippen molar-refractivity contribution in [3.05, 3.63) is 0 Å². The summed E-state index contributed by atoms with van der Waals surface area (Å²) >= 11 is 0. The third-order valence-corrected chi connectivity index (χ3v) is 4.92. The molecule has 0 aromatic carbocycles. The SMILES string of the molecule is CC.CC1OC(=O)C2CC3CCCCC3CC12. The first kappa shape index (κ1) is 12.9. The second kappa shape index (κ2) is 5.41. The largest absolute Gasteiger partial charge is 0.462 e. The fourth-order valence-electron chi connectivity index (χ4n) is 4.07. The van der Waals surface area contributed by atoms with Crippen LogP contribution in [0.3, 0.4) is 0 Å². The van der Waals surface area contributed by atoms with Gasteiger partial charge in [0.15, 0.2) is 0 Å². The van der Waals surface area contributed by atoms with Crippen LogP contribution in [-0.2, 0) is 9.53 Å². The van der Waals surface area contributed by atoms with Gasteiger partial charge in [-0.15, -0.1) is 0 Å². The molecule has 3 fully saturated rings. The van der Waals surface area contributed by atoms with Gasteiger partial charge in [0.1, 0.15) is 6.10 Å². The number of hydrogen-bond donors (Lipinski definition) is 0. The van der Waals surface area contributed by atoms with E-state index in [0.717, 1.165) is 18.3 Å². The van der Waals surface area contributed by atoms with Crippen LogP contribution in [0.2, 0.25) is 0 Å². The maximum Gasteiger partial charge on any atom is 0.309 e. The predicted molar refractivity (Wildman–Crippen MR) is 68.6 cm³/mol. The van der Waals surface area contributed by atoms with Crippen molar-refractivity contribution in [3.8, 4) is 0 Å². The Kier molecular flexibility index (Phi) is 4.11. The average Bonchev–Trinajstić information content (AvgIpc) is 2.65. The highest BCUT2D eigenvalue weighted by Crippen LogP contribution is 2.49. The molecule has 0 bridgehead atoms. The van der Waals surface area contributed by atoms with Crippen molar-refractivity contribution in [1.29, 1.82) is 0 Å². The Bertz CT molecular complexity index is 274. The lowest BCUT2D eigenvalue weighted by molar-refractivity contribution is -0.144. The van der Waals surface area contributed by atoms with Crippen molar-refractivity contribution < 1.29 is 9.53 Å². The number of esters is 1. The van der Waals surface area contributed by atoms with Gasteiger partial charge in [-0.3, -0.25) is 4.79 Å². The van der Waals surface area contributed by atoms with Gasteiger partial charge in [-0.2, -0.15) is 0 Å². The van der Waals surface area contributed by atoms with Crippen molar-refractivity contribution in [2.24, 2.45) is 23.7 Å². The number of ether oxygens (including phenoxy) is 1. The molecule has 2 heteroatoms. The molecule has 5 atom stereocenters. The molecule has 1 saturated heterocycles. The smallest absolute Gasteiger partial charge is 0.309 e. The van der Waals surface area contributed by atoms with Crippen LogP contribution in [0.25, 0.3) is 0 Å². The molecule has 0 radical (unpaired) electrons.